The number of aliphatic carboxylic acids is 1. The summed E-state index contributed by atoms with van der Waals surface area (Å²) in [4.78, 5) is 30.0. The summed E-state index contributed by atoms with van der Waals surface area (Å²) in [6, 6.07) is 13.7. The predicted molar refractivity (Wildman–Crippen MR) is 157 cm³/mol. The third-order valence-electron chi connectivity index (χ3n) is 7.02. The number of fused-ring (bicyclic) bond motifs is 2. The van der Waals surface area contributed by atoms with Crippen LogP contribution in [0.1, 0.15) is 43.3 Å². The number of rotatable bonds is 8. The smallest absolute Gasteiger partial charge is 0.307 e. The van der Waals surface area contributed by atoms with Gasteiger partial charge in [0.1, 0.15) is 11.3 Å². The van der Waals surface area contributed by atoms with Crippen LogP contribution in [-0.4, -0.2) is 52.1 Å². The summed E-state index contributed by atoms with van der Waals surface area (Å²) in [6.45, 7) is 8.85. The molecule has 1 N–H and O–H groups in total. The molecule has 0 unspecified atom stereocenters. The Kier molecular flexibility index (Phi) is 7.18. The first-order valence-electron chi connectivity index (χ1n) is 13.1. The summed E-state index contributed by atoms with van der Waals surface area (Å²) < 4.78 is 14.0. The van der Waals surface area contributed by atoms with Gasteiger partial charge in [0.05, 0.1) is 12.1 Å². The van der Waals surface area contributed by atoms with Gasteiger partial charge in [-0.15, -0.1) is 11.3 Å². The summed E-state index contributed by atoms with van der Waals surface area (Å²) in [7, 11) is 3.35. The number of benzene rings is 2. The highest BCUT2D eigenvalue weighted by Crippen LogP contribution is 2.35. The second-order valence-electron chi connectivity index (χ2n) is 11.2. The molecule has 8 nitrogen and oxygen atoms in total. The van der Waals surface area contributed by atoms with E-state index in [1.807, 2.05) is 43.3 Å². The maximum atomic E-state index is 12.0. The molecule has 0 saturated heterocycles. The number of furan rings is 1. The number of hydrogen-bond donors (Lipinski definition) is 1. The van der Waals surface area contributed by atoms with Crippen LogP contribution in [0.4, 0.5) is 0 Å². The lowest BCUT2D eigenvalue weighted by Gasteiger charge is -2.13. The van der Waals surface area contributed by atoms with Crippen LogP contribution in [0, 0.1) is 6.92 Å². The van der Waals surface area contributed by atoms with Gasteiger partial charge in [0, 0.05) is 53.4 Å². The summed E-state index contributed by atoms with van der Waals surface area (Å²) in [5.74, 6) is 0.220. The molecule has 40 heavy (non-hydrogen) atoms. The third kappa shape index (κ3) is 5.47. The van der Waals surface area contributed by atoms with Crippen LogP contribution in [0.5, 0.6) is 5.75 Å². The van der Waals surface area contributed by atoms with Crippen molar-refractivity contribution < 1.29 is 23.8 Å². The first-order chi connectivity index (χ1) is 18.9. The molecule has 0 bridgehead atoms. The lowest BCUT2D eigenvalue weighted by atomic mass is 9.93. The molecule has 9 heteroatoms. The zero-order valence-electron chi connectivity index (χ0n) is 23.6. The number of hydrogen-bond acceptors (Lipinski definition) is 6. The van der Waals surface area contributed by atoms with Gasteiger partial charge in [0.25, 0.3) is 5.91 Å². The molecule has 1 amide bonds. The molecule has 0 aliphatic carbocycles. The average Bonchev–Trinajstić information content (AvgIpc) is 3.60. The highest BCUT2D eigenvalue weighted by molar-refractivity contribution is 7.13. The number of ether oxygens (including phenoxy) is 1. The second-order valence-corrected chi connectivity index (χ2v) is 12.1. The van der Waals surface area contributed by atoms with Gasteiger partial charge in [0.2, 0.25) is 0 Å². The molecular formula is C31H33N3O5S. The van der Waals surface area contributed by atoms with E-state index < -0.39 is 5.97 Å². The zero-order valence-corrected chi connectivity index (χ0v) is 24.4. The van der Waals surface area contributed by atoms with E-state index in [2.05, 4.69) is 36.8 Å². The summed E-state index contributed by atoms with van der Waals surface area (Å²) >= 11 is 1.58. The molecule has 0 saturated carbocycles. The van der Waals surface area contributed by atoms with Crippen molar-refractivity contribution >= 4 is 45.1 Å². The van der Waals surface area contributed by atoms with Gasteiger partial charge in [-0.05, 0) is 54.4 Å². The van der Waals surface area contributed by atoms with E-state index in [0.29, 0.717) is 12.3 Å². The van der Waals surface area contributed by atoms with Crippen molar-refractivity contribution in [3.8, 4) is 16.5 Å². The molecule has 0 radical (unpaired) electrons. The average molecular weight is 560 g/mol. The normalized spacial score (nSPS) is 11.8. The van der Waals surface area contributed by atoms with Crippen LogP contribution >= 0.6 is 11.3 Å². The largest absolute Gasteiger partial charge is 0.484 e. The number of thiazole rings is 1. The van der Waals surface area contributed by atoms with Crippen molar-refractivity contribution in [3.63, 3.8) is 0 Å². The first-order valence-corrected chi connectivity index (χ1v) is 13.9. The fourth-order valence-electron chi connectivity index (χ4n) is 4.68. The van der Waals surface area contributed by atoms with Crippen LogP contribution in [0.3, 0.4) is 0 Å². The Balaban J connectivity index is 1.47. The van der Waals surface area contributed by atoms with Crippen LogP contribution in [0.15, 0.2) is 52.3 Å². The lowest BCUT2D eigenvalue weighted by Crippen LogP contribution is -2.27. The molecule has 3 heterocycles. The fraction of sp³-hybridized carbons (Fsp3) is 0.323. The quantitative estimate of drug-likeness (QED) is 0.241. The standard InChI is InChI=1S/C31H33N3O5S/c1-18-22(14-29(36)37)23-13-21(38-16-28(35)33(5)6)8-9-24(23)34(18)15-19-7-10-25-20(11-19)12-26(39-25)30-32-27(17-40-30)31(2,3)4/h7-13,17H,14-16H2,1-6H3,(H,36,37). The number of carbonyl (C=O) groups is 2. The van der Waals surface area contributed by atoms with Crippen LogP contribution in [-0.2, 0) is 28.0 Å². The Labute approximate surface area is 236 Å². The molecular weight excluding hydrogens is 526 g/mol. The maximum absolute atomic E-state index is 12.0. The highest BCUT2D eigenvalue weighted by atomic mass is 32.1. The van der Waals surface area contributed by atoms with Gasteiger partial charge in [-0.2, -0.15) is 0 Å². The number of nitrogens with zero attached hydrogens (tertiary/aromatic N) is 3. The van der Waals surface area contributed by atoms with Gasteiger partial charge in [0.15, 0.2) is 17.4 Å². The Morgan fingerprint density at radius 2 is 1.90 bits per heavy atom. The molecule has 0 spiro atoms. The third-order valence-corrected chi connectivity index (χ3v) is 7.88. The topological polar surface area (TPSA) is 97.8 Å². The Bertz CT molecular complexity index is 1740. The minimum atomic E-state index is -0.902. The zero-order chi connectivity index (χ0) is 28.8. The van der Waals surface area contributed by atoms with Gasteiger partial charge >= 0.3 is 5.97 Å². The van der Waals surface area contributed by atoms with Crippen LogP contribution < -0.4 is 4.74 Å². The van der Waals surface area contributed by atoms with Crippen molar-refractivity contribution in [1.29, 1.82) is 0 Å². The number of aromatic nitrogens is 2. The molecule has 0 aliphatic rings. The molecule has 2 aromatic carbocycles. The summed E-state index contributed by atoms with van der Waals surface area (Å²) in [5.41, 5.74) is 5.39. The lowest BCUT2D eigenvalue weighted by molar-refractivity contribution is -0.136. The van der Waals surface area contributed by atoms with E-state index in [-0.39, 0.29) is 24.3 Å². The predicted octanol–water partition coefficient (Wildman–Crippen LogP) is 6.26. The van der Waals surface area contributed by atoms with Gasteiger partial charge < -0.3 is 23.7 Å². The first kappa shape index (κ1) is 27.5. The van der Waals surface area contributed by atoms with E-state index in [4.69, 9.17) is 14.1 Å². The van der Waals surface area contributed by atoms with Crippen LogP contribution in [0.25, 0.3) is 32.6 Å². The number of carboxylic acids is 1. The summed E-state index contributed by atoms with van der Waals surface area (Å²) in [5, 5.41) is 14.3. The second kappa shape index (κ2) is 10.5. The number of likely N-dealkylation sites (N-methyl/N-ethyl adjacent to an activating group) is 1. The van der Waals surface area contributed by atoms with E-state index >= 15 is 0 Å². The van der Waals surface area contributed by atoms with Gasteiger partial charge in [-0.3, -0.25) is 9.59 Å². The number of carboxylic acid groups (broad SMARTS) is 1. The van der Waals surface area contributed by atoms with E-state index in [0.717, 1.165) is 55.2 Å². The van der Waals surface area contributed by atoms with Crippen molar-refractivity contribution in [1.82, 2.24) is 14.5 Å². The Morgan fingerprint density at radius 3 is 2.58 bits per heavy atom. The number of amides is 1. The molecule has 5 rings (SSSR count). The number of carbonyl (C=O) groups excluding carboxylic acids is 1. The molecule has 5 aromatic rings. The molecule has 0 aliphatic heterocycles. The van der Waals surface area contributed by atoms with Crippen molar-refractivity contribution in [2.24, 2.45) is 0 Å². The summed E-state index contributed by atoms with van der Waals surface area (Å²) in [6.07, 6.45) is -0.107. The fourth-order valence-corrected chi connectivity index (χ4v) is 5.68. The molecule has 0 atom stereocenters. The molecule has 0 fully saturated rings. The maximum Gasteiger partial charge on any atom is 0.307 e. The van der Waals surface area contributed by atoms with Gasteiger partial charge in [-0.25, -0.2) is 4.98 Å². The Morgan fingerprint density at radius 1 is 1.12 bits per heavy atom. The minimum absolute atomic E-state index is 0.0264. The van der Waals surface area contributed by atoms with E-state index in [1.54, 1.807) is 25.4 Å². The monoisotopic (exact) mass is 559 g/mol. The van der Waals surface area contributed by atoms with Gasteiger partial charge in [-0.1, -0.05) is 26.8 Å². The van der Waals surface area contributed by atoms with Crippen LogP contribution in [0.2, 0.25) is 0 Å². The van der Waals surface area contributed by atoms with E-state index in [1.165, 1.54) is 4.90 Å². The molecule has 3 aromatic heterocycles. The van der Waals surface area contributed by atoms with Crippen molar-refractivity contribution in [3.05, 3.63) is 70.4 Å². The highest BCUT2D eigenvalue weighted by Gasteiger charge is 2.21. The van der Waals surface area contributed by atoms with E-state index in [9.17, 15) is 14.7 Å². The molecule has 208 valence electrons. The van der Waals surface area contributed by atoms with Crippen molar-refractivity contribution in [2.75, 3.05) is 20.7 Å². The SMILES string of the molecule is Cc1c(CC(=O)O)c2cc(OCC(=O)N(C)C)ccc2n1Cc1ccc2oc(-c3nc(C(C)(C)C)cs3)cc2c1. The Hall–Kier alpha value is -4.11. The van der Waals surface area contributed by atoms with Crippen molar-refractivity contribution in [2.45, 2.75) is 46.1 Å². The minimum Gasteiger partial charge on any atom is -0.484 e.